The molecule has 0 radical (unpaired) electrons. The van der Waals surface area contributed by atoms with E-state index in [1.807, 2.05) is 48.7 Å². The third kappa shape index (κ3) is 4.76. The molecule has 3 N–H and O–H groups in total. The highest BCUT2D eigenvalue weighted by molar-refractivity contribution is 5.97. The van der Waals surface area contributed by atoms with E-state index in [0.717, 1.165) is 29.3 Å². The standard InChI is InChI=1S/C22H25N3O2/c1-2-3-13-23-22(27)20(25-21(26)16-9-5-4-6-10-16)14-17-15-24-19-12-8-7-11-18(17)19/h4-12,15,20,24H,2-3,13-14H2,1H3,(H,23,27)(H,25,26)/t20-/m0/s1. The fraction of sp³-hybridized carbons (Fsp3) is 0.273. The summed E-state index contributed by atoms with van der Waals surface area (Å²) in [5.74, 6) is -0.399. The smallest absolute Gasteiger partial charge is 0.251 e. The van der Waals surface area contributed by atoms with Crippen LogP contribution in [-0.2, 0) is 11.2 Å². The van der Waals surface area contributed by atoms with Crippen molar-refractivity contribution in [2.75, 3.05) is 6.54 Å². The number of amides is 2. The summed E-state index contributed by atoms with van der Waals surface area (Å²) in [6, 6.07) is 16.3. The molecule has 0 aliphatic heterocycles. The van der Waals surface area contributed by atoms with Crippen LogP contribution in [0.3, 0.4) is 0 Å². The molecule has 2 amide bonds. The Hall–Kier alpha value is -3.08. The van der Waals surface area contributed by atoms with Gasteiger partial charge in [-0.2, -0.15) is 0 Å². The number of rotatable bonds is 8. The maximum atomic E-state index is 12.7. The second-order valence-corrected chi connectivity index (χ2v) is 6.60. The first-order valence-corrected chi connectivity index (χ1v) is 9.37. The molecule has 1 aromatic heterocycles. The van der Waals surface area contributed by atoms with E-state index < -0.39 is 6.04 Å². The minimum Gasteiger partial charge on any atom is -0.361 e. The highest BCUT2D eigenvalue weighted by atomic mass is 16.2. The number of hydrogen-bond donors (Lipinski definition) is 3. The summed E-state index contributed by atoms with van der Waals surface area (Å²) in [5.41, 5.74) is 2.57. The van der Waals surface area contributed by atoms with E-state index in [4.69, 9.17) is 0 Å². The number of aromatic amines is 1. The minimum absolute atomic E-state index is 0.155. The number of hydrogen-bond acceptors (Lipinski definition) is 2. The van der Waals surface area contributed by atoms with Gasteiger partial charge in [0, 0.05) is 35.6 Å². The van der Waals surface area contributed by atoms with Crippen LogP contribution in [0.4, 0.5) is 0 Å². The number of unbranched alkanes of at least 4 members (excludes halogenated alkanes) is 1. The van der Waals surface area contributed by atoms with Gasteiger partial charge in [-0.3, -0.25) is 9.59 Å². The van der Waals surface area contributed by atoms with Gasteiger partial charge in [-0.15, -0.1) is 0 Å². The molecule has 5 heteroatoms. The van der Waals surface area contributed by atoms with Crippen LogP contribution in [0.2, 0.25) is 0 Å². The summed E-state index contributed by atoms with van der Waals surface area (Å²) in [4.78, 5) is 28.5. The van der Waals surface area contributed by atoms with Crippen molar-refractivity contribution in [3.05, 3.63) is 71.9 Å². The summed E-state index contributed by atoms with van der Waals surface area (Å²) in [7, 11) is 0. The third-order valence-electron chi connectivity index (χ3n) is 4.59. The van der Waals surface area contributed by atoms with Crippen LogP contribution >= 0.6 is 0 Å². The first-order valence-electron chi connectivity index (χ1n) is 9.37. The Balaban J connectivity index is 1.78. The van der Waals surface area contributed by atoms with Crippen LogP contribution in [0.15, 0.2) is 60.8 Å². The molecule has 0 bridgehead atoms. The van der Waals surface area contributed by atoms with Crippen molar-refractivity contribution in [2.45, 2.75) is 32.2 Å². The zero-order chi connectivity index (χ0) is 19.1. The molecule has 1 atom stereocenters. The Kier molecular flexibility index (Phi) is 6.26. The number of para-hydroxylation sites is 1. The first kappa shape index (κ1) is 18.7. The predicted octanol–water partition coefficient (Wildman–Crippen LogP) is 3.43. The maximum Gasteiger partial charge on any atom is 0.251 e. The SMILES string of the molecule is CCCCNC(=O)[C@H](Cc1c[nH]c2ccccc12)NC(=O)c1ccccc1. The molecule has 2 aromatic carbocycles. The average Bonchev–Trinajstić information content (AvgIpc) is 3.11. The average molecular weight is 363 g/mol. The molecular weight excluding hydrogens is 338 g/mol. The van der Waals surface area contributed by atoms with Gasteiger partial charge in [0.05, 0.1) is 0 Å². The van der Waals surface area contributed by atoms with E-state index in [0.29, 0.717) is 18.5 Å². The van der Waals surface area contributed by atoms with Crippen LogP contribution in [-0.4, -0.2) is 29.4 Å². The van der Waals surface area contributed by atoms with Crippen LogP contribution in [0.5, 0.6) is 0 Å². The topological polar surface area (TPSA) is 74.0 Å². The quantitative estimate of drug-likeness (QED) is 0.537. The number of H-pyrrole nitrogens is 1. The van der Waals surface area contributed by atoms with E-state index in [1.165, 1.54) is 0 Å². The molecule has 0 aliphatic carbocycles. The predicted molar refractivity (Wildman–Crippen MR) is 108 cm³/mol. The monoisotopic (exact) mass is 363 g/mol. The van der Waals surface area contributed by atoms with Crippen molar-refractivity contribution in [1.82, 2.24) is 15.6 Å². The minimum atomic E-state index is -0.631. The molecule has 140 valence electrons. The van der Waals surface area contributed by atoms with Gasteiger partial charge in [0.15, 0.2) is 0 Å². The van der Waals surface area contributed by atoms with Gasteiger partial charge >= 0.3 is 0 Å². The summed E-state index contributed by atoms with van der Waals surface area (Å²) in [6.07, 6.45) is 4.26. The molecule has 3 aromatic rings. The lowest BCUT2D eigenvalue weighted by atomic mass is 10.0. The van der Waals surface area contributed by atoms with Crippen LogP contribution in [0, 0.1) is 0 Å². The lowest BCUT2D eigenvalue weighted by Gasteiger charge is -2.18. The lowest BCUT2D eigenvalue weighted by molar-refractivity contribution is -0.122. The van der Waals surface area contributed by atoms with Gasteiger partial charge in [0.25, 0.3) is 5.91 Å². The molecule has 0 unspecified atom stereocenters. The Bertz CT molecular complexity index is 902. The van der Waals surface area contributed by atoms with Gasteiger partial charge in [-0.25, -0.2) is 0 Å². The van der Waals surface area contributed by atoms with Crippen molar-refractivity contribution in [1.29, 1.82) is 0 Å². The summed E-state index contributed by atoms with van der Waals surface area (Å²) in [5, 5.41) is 6.90. The number of fused-ring (bicyclic) bond motifs is 1. The molecule has 5 nitrogen and oxygen atoms in total. The van der Waals surface area contributed by atoms with Gasteiger partial charge in [-0.05, 0) is 30.2 Å². The summed E-state index contributed by atoms with van der Waals surface area (Å²) >= 11 is 0. The molecular formula is C22H25N3O2. The second kappa shape index (κ2) is 9.03. The zero-order valence-corrected chi connectivity index (χ0v) is 15.5. The number of aromatic nitrogens is 1. The molecule has 0 spiro atoms. The normalized spacial score (nSPS) is 11.9. The number of nitrogens with one attached hydrogen (secondary N) is 3. The maximum absolute atomic E-state index is 12.7. The van der Waals surface area contributed by atoms with Crippen molar-refractivity contribution in [2.24, 2.45) is 0 Å². The van der Waals surface area contributed by atoms with E-state index >= 15 is 0 Å². The van der Waals surface area contributed by atoms with Crippen LogP contribution in [0.25, 0.3) is 10.9 Å². The fourth-order valence-electron chi connectivity index (χ4n) is 3.07. The number of carbonyl (C=O) groups is 2. The van der Waals surface area contributed by atoms with E-state index in [1.54, 1.807) is 12.1 Å². The largest absolute Gasteiger partial charge is 0.361 e. The highest BCUT2D eigenvalue weighted by Crippen LogP contribution is 2.19. The van der Waals surface area contributed by atoms with Gasteiger partial charge in [-0.1, -0.05) is 49.7 Å². The molecule has 0 saturated heterocycles. The Morgan fingerprint density at radius 2 is 1.78 bits per heavy atom. The van der Waals surface area contributed by atoms with Gasteiger partial charge in [0.2, 0.25) is 5.91 Å². The molecule has 3 rings (SSSR count). The number of carbonyl (C=O) groups excluding carboxylic acids is 2. The van der Waals surface area contributed by atoms with Crippen molar-refractivity contribution in [3.63, 3.8) is 0 Å². The summed E-state index contributed by atoms with van der Waals surface area (Å²) < 4.78 is 0. The van der Waals surface area contributed by atoms with E-state index in [2.05, 4.69) is 22.5 Å². The van der Waals surface area contributed by atoms with Gasteiger partial charge in [0.1, 0.15) is 6.04 Å². The Morgan fingerprint density at radius 1 is 1.04 bits per heavy atom. The van der Waals surface area contributed by atoms with Crippen LogP contribution < -0.4 is 10.6 Å². The molecule has 1 heterocycles. The Morgan fingerprint density at radius 3 is 2.56 bits per heavy atom. The fourth-order valence-corrected chi connectivity index (χ4v) is 3.07. The molecule has 0 saturated carbocycles. The van der Waals surface area contributed by atoms with E-state index in [9.17, 15) is 9.59 Å². The van der Waals surface area contributed by atoms with Gasteiger partial charge < -0.3 is 15.6 Å². The molecule has 0 aliphatic rings. The van der Waals surface area contributed by atoms with E-state index in [-0.39, 0.29) is 11.8 Å². The lowest BCUT2D eigenvalue weighted by Crippen LogP contribution is -2.48. The van der Waals surface area contributed by atoms with Crippen LogP contribution in [0.1, 0.15) is 35.7 Å². The summed E-state index contributed by atoms with van der Waals surface area (Å²) in [6.45, 7) is 2.69. The highest BCUT2D eigenvalue weighted by Gasteiger charge is 2.22. The Labute approximate surface area is 159 Å². The van der Waals surface area contributed by atoms with Crippen molar-refractivity contribution >= 4 is 22.7 Å². The van der Waals surface area contributed by atoms with Crippen molar-refractivity contribution in [3.8, 4) is 0 Å². The molecule has 27 heavy (non-hydrogen) atoms. The number of benzene rings is 2. The molecule has 0 fully saturated rings. The third-order valence-corrected chi connectivity index (χ3v) is 4.59. The zero-order valence-electron chi connectivity index (χ0n) is 15.5. The first-order chi connectivity index (χ1) is 13.2. The van der Waals surface area contributed by atoms with Crippen molar-refractivity contribution < 1.29 is 9.59 Å². The second-order valence-electron chi connectivity index (χ2n) is 6.60.